The summed E-state index contributed by atoms with van der Waals surface area (Å²) in [4.78, 5) is 5.42. The molecule has 2 fully saturated rings. The van der Waals surface area contributed by atoms with Gasteiger partial charge in [-0.2, -0.15) is 0 Å². The van der Waals surface area contributed by atoms with Crippen LogP contribution < -0.4 is 5.73 Å². The van der Waals surface area contributed by atoms with E-state index >= 15 is 0 Å². The zero-order chi connectivity index (χ0) is 13.2. The predicted molar refractivity (Wildman–Crippen MR) is 79.7 cm³/mol. The van der Waals surface area contributed by atoms with Crippen LogP contribution in [0.2, 0.25) is 0 Å². The van der Waals surface area contributed by atoms with Crippen LogP contribution >= 0.6 is 11.3 Å². The molecule has 3 heterocycles. The van der Waals surface area contributed by atoms with E-state index in [1.807, 2.05) is 11.3 Å². The summed E-state index contributed by atoms with van der Waals surface area (Å²) in [5.41, 5.74) is 6.37. The summed E-state index contributed by atoms with van der Waals surface area (Å²) in [6.45, 7) is 5.34. The molecule has 0 aliphatic carbocycles. The summed E-state index contributed by atoms with van der Waals surface area (Å²) < 4.78 is 6.00. The van der Waals surface area contributed by atoms with Crippen LogP contribution in [0.25, 0.3) is 0 Å². The lowest BCUT2D eigenvalue weighted by atomic mass is 10.0. The van der Waals surface area contributed by atoms with Gasteiger partial charge >= 0.3 is 0 Å². The third kappa shape index (κ3) is 3.02. The van der Waals surface area contributed by atoms with E-state index in [1.54, 1.807) is 0 Å². The Morgan fingerprint density at radius 3 is 3.11 bits per heavy atom. The number of hydrogen-bond donors (Lipinski definition) is 1. The molecular formula is C15H24N2OS. The number of nitrogens with two attached hydrogens (primary N) is 1. The molecule has 19 heavy (non-hydrogen) atoms. The number of ether oxygens (including phenoxy) is 1. The molecule has 0 saturated carbocycles. The van der Waals surface area contributed by atoms with Crippen LogP contribution in [0.3, 0.4) is 0 Å². The molecule has 1 aromatic rings. The molecule has 3 rings (SSSR count). The Kier molecular flexibility index (Phi) is 4.22. The summed E-state index contributed by atoms with van der Waals surface area (Å²) in [5.74, 6) is 0. The van der Waals surface area contributed by atoms with Crippen LogP contribution in [0.1, 0.15) is 29.5 Å². The van der Waals surface area contributed by atoms with Crippen LogP contribution in [-0.4, -0.2) is 42.8 Å². The van der Waals surface area contributed by atoms with E-state index in [9.17, 15) is 0 Å². The topological polar surface area (TPSA) is 38.5 Å². The lowest BCUT2D eigenvalue weighted by Crippen LogP contribution is -2.53. The quantitative estimate of drug-likeness (QED) is 0.917. The fourth-order valence-electron chi connectivity index (χ4n) is 3.19. The molecule has 4 heteroatoms. The lowest BCUT2D eigenvalue weighted by molar-refractivity contribution is -0.0588. The number of aryl methyl sites for hydroxylation is 1. The molecule has 3 unspecified atom stereocenters. The molecule has 0 bridgehead atoms. The third-order valence-corrected chi connectivity index (χ3v) is 5.65. The standard InChI is InChI=1S/C15H24N2OS/c1-2-12-5-6-13(19-12)8-14(16)15-9-17-7-3-4-11(17)10-18-15/h5-6,11,14-15H,2-4,7-10,16H2,1H3. The van der Waals surface area contributed by atoms with Crippen molar-refractivity contribution in [1.82, 2.24) is 4.90 Å². The molecule has 106 valence electrons. The van der Waals surface area contributed by atoms with Crippen molar-refractivity contribution in [2.75, 3.05) is 19.7 Å². The minimum Gasteiger partial charge on any atom is -0.374 e. The highest BCUT2D eigenvalue weighted by atomic mass is 32.1. The number of morpholine rings is 1. The summed E-state index contributed by atoms with van der Waals surface area (Å²) in [6.07, 6.45) is 4.90. The molecule has 0 radical (unpaired) electrons. The van der Waals surface area contributed by atoms with E-state index in [2.05, 4.69) is 24.0 Å². The predicted octanol–water partition coefficient (Wildman–Crippen LogP) is 2.04. The lowest BCUT2D eigenvalue weighted by Gasteiger charge is -2.37. The van der Waals surface area contributed by atoms with Gasteiger partial charge in [-0.1, -0.05) is 6.92 Å². The van der Waals surface area contributed by atoms with E-state index in [0.29, 0.717) is 6.04 Å². The summed E-state index contributed by atoms with van der Waals surface area (Å²) >= 11 is 1.90. The van der Waals surface area contributed by atoms with Gasteiger partial charge in [-0.05, 0) is 44.4 Å². The van der Waals surface area contributed by atoms with Crippen molar-refractivity contribution in [3.8, 4) is 0 Å². The van der Waals surface area contributed by atoms with E-state index in [0.717, 1.165) is 26.0 Å². The highest BCUT2D eigenvalue weighted by Gasteiger charge is 2.34. The molecule has 2 aliphatic rings. The number of nitrogens with zero attached hydrogens (tertiary/aromatic N) is 1. The first-order valence-electron chi connectivity index (χ1n) is 7.45. The summed E-state index contributed by atoms with van der Waals surface area (Å²) in [5, 5.41) is 0. The summed E-state index contributed by atoms with van der Waals surface area (Å²) in [6, 6.07) is 5.25. The van der Waals surface area contributed by atoms with Gasteiger partial charge in [0.2, 0.25) is 0 Å². The number of thiophene rings is 1. The fraction of sp³-hybridized carbons (Fsp3) is 0.733. The average Bonchev–Trinajstić information content (AvgIpc) is 3.05. The fourth-order valence-corrected chi connectivity index (χ4v) is 4.22. The van der Waals surface area contributed by atoms with Crippen molar-refractivity contribution >= 4 is 11.3 Å². The van der Waals surface area contributed by atoms with Crippen LogP contribution in [-0.2, 0) is 17.6 Å². The first kappa shape index (κ1) is 13.6. The highest BCUT2D eigenvalue weighted by molar-refractivity contribution is 7.11. The van der Waals surface area contributed by atoms with Gasteiger partial charge in [-0.3, -0.25) is 4.90 Å². The second-order valence-corrected chi connectivity index (χ2v) is 7.01. The Morgan fingerprint density at radius 2 is 2.32 bits per heavy atom. The monoisotopic (exact) mass is 280 g/mol. The van der Waals surface area contributed by atoms with E-state index in [-0.39, 0.29) is 12.1 Å². The van der Waals surface area contributed by atoms with Crippen molar-refractivity contribution < 1.29 is 4.74 Å². The molecule has 2 aliphatic heterocycles. The zero-order valence-corrected chi connectivity index (χ0v) is 12.5. The van der Waals surface area contributed by atoms with Gasteiger partial charge in [0.1, 0.15) is 0 Å². The molecule has 3 atom stereocenters. The molecule has 0 aromatic carbocycles. The normalized spacial score (nSPS) is 29.4. The minimum absolute atomic E-state index is 0.130. The van der Waals surface area contributed by atoms with Crippen LogP contribution in [0.4, 0.5) is 0 Å². The maximum Gasteiger partial charge on any atom is 0.0856 e. The molecule has 2 N–H and O–H groups in total. The van der Waals surface area contributed by atoms with Crippen molar-refractivity contribution in [2.24, 2.45) is 5.73 Å². The Labute approximate surface area is 119 Å². The minimum atomic E-state index is 0.130. The Balaban J connectivity index is 1.56. The second-order valence-electron chi connectivity index (χ2n) is 5.75. The van der Waals surface area contributed by atoms with Gasteiger partial charge in [-0.25, -0.2) is 0 Å². The SMILES string of the molecule is CCc1ccc(CC(N)C2CN3CCCC3CO2)s1. The largest absolute Gasteiger partial charge is 0.374 e. The number of fused-ring (bicyclic) bond motifs is 1. The van der Waals surface area contributed by atoms with Crippen molar-refractivity contribution in [3.05, 3.63) is 21.9 Å². The first-order chi connectivity index (χ1) is 9.26. The molecular weight excluding hydrogens is 256 g/mol. The average molecular weight is 280 g/mol. The maximum atomic E-state index is 6.37. The Morgan fingerprint density at radius 1 is 1.47 bits per heavy atom. The van der Waals surface area contributed by atoms with Crippen molar-refractivity contribution in [1.29, 1.82) is 0 Å². The van der Waals surface area contributed by atoms with Crippen LogP contribution in [0.15, 0.2) is 12.1 Å². The molecule has 1 aromatic heterocycles. The van der Waals surface area contributed by atoms with Gasteiger partial charge in [0.05, 0.1) is 12.7 Å². The van der Waals surface area contributed by atoms with Gasteiger partial charge < -0.3 is 10.5 Å². The van der Waals surface area contributed by atoms with E-state index < -0.39 is 0 Å². The maximum absolute atomic E-state index is 6.37. The second kappa shape index (κ2) is 5.92. The van der Waals surface area contributed by atoms with Crippen molar-refractivity contribution in [3.63, 3.8) is 0 Å². The molecule has 2 saturated heterocycles. The van der Waals surface area contributed by atoms with Crippen molar-refractivity contribution in [2.45, 2.75) is 50.8 Å². The summed E-state index contributed by atoms with van der Waals surface area (Å²) in [7, 11) is 0. The molecule has 0 spiro atoms. The van der Waals surface area contributed by atoms with E-state index in [4.69, 9.17) is 10.5 Å². The van der Waals surface area contributed by atoms with Gasteiger partial charge in [0.15, 0.2) is 0 Å². The Bertz CT molecular complexity index is 420. The Hall–Kier alpha value is -0.420. The third-order valence-electron chi connectivity index (χ3n) is 4.40. The highest BCUT2D eigenvalue weighted by Crippen LogP contribution is 2.25. The molecule has 3 nitrogen and oxygen atoms in total. The van der Waals surface area contributed by atoms with Gasteiger partial charge in [0.25, 0.3) is 0 Å². The number of rotatable bonds is 4. The number of hydrogen-bond acceptors (Lipinski definition) is 4. The van der Waals surface area contributed by atoms with Gasteiger partial charge in [0, 0.05) is 28.4 Å². The molecule has 0 amide bonds. The first-order valence-corrected chi connectivity index (χ1v) is 8.26. The van der Waals surface area contributed by atoms with E-state index in [1.165, 1.54) is 29.1 Å². The smallest absolute Gasteiger partial charge is 0.0856 e. The van der Waals surface area contributed by atoms with Crippen LogP contribution in [0.5, 0.6) is 0 Å². The zero-order valence-electron chi connectivity index (χ0n) is 11.7. The van der Waals surface area contributed by atoms with Gasteiger partial charge in [-0.15, -0.1) is 11.3 Å². The van der Waals surface area contributed by atoms with Crippen LogP contribution in [0, 0.1) is 0 Å².